The van der Waals surface area contributed by atoms with E-state index in [0.29, 0.717) is 5.36 Å². The molecule has 0 unspecified atom stereocenters. The molecule has 6 rings (SSSR count). The average molecular weight is 464 g/mol. The van der Waals surface area contributed by atoms with Crippen LogP contribution in [0.25, 0.3) is 39.0 Å². The van der Waals surface area contributed by atoms with Gasteiger partial charge in [-0.25, -0.2) is 0 Å². The maximum atomic E-state index is 8.20. The van der Waals surface area contributed by atoms with Crippen molar-refractivity contribution in [3.8, 4) is 22.5 Å². The van der Waals surface area contributed by atoms with E-state index in [1.165, 1.54) is 54.6 Å². The molecule has 4 aliphatic rings. The number of hydrogen-bond acceptors (Lipinski definition) is 4. The van der Waals surface area contributed by atoms with Gasteiger partial charge in [-0.15, -0.1) is 0 Å². The predicted molar refractivity (Wildman–Crippen MR) is 145 cm³/mol. The lowest BCUT2D eigenvalue weighted by Gasteiger charge is -2.32. The zero-order valence-corrected chi connectivity index (χ0v) is 20.9. The second kappa shape index (κ2) is 8.39. The number of fused-ring (bicyclic) bond motifs is 4. The Kier molecular flexibility index (Phi) is 5.30. The molecule has 0 atom stereocenters. The Balaban J connectivity index is 1.52. The highest BCUT2D eigenvalue weighted by molar-refractivity contribution is 6.07. The first-order valence-corrected chi connectivity index (χ1v) is 12.8. The second-order valence-electron chi connectivity index (χ2n) is 10.8. The lowest BCUT2D eigenvalue weighted by molar-refractivity contribution is 0.221. The summed E-state index contributed by atoms with van der Waals surface area (Å²) in [5.41, 5.74) is 8.95. The largest absolute Gasteiger partial charge is 0.455 e. The summed E-state index contributed by atoms with van der Waals surface area (Å²) in [6.45, 7) is 9.96. The highest BCUT2D eigenvalue weighted by Gasteiger charge is 2.27. The minimum Gasteiger partial charge on any atom is -0.455 e. The van der Waals surface area contributed by atoms with Gasteiger partial charge in [-0.1, -0.05) is 36.8 Å². The maximum Gasteiger partial charge on any atom is 0.144 e. The van der Waals surface area contributed by atoms with Gasteiger partial charge in [-0.3, -0.25) is 4.90 Å². The molecule has 2 aromatic carbocycles. The molecule has 4 nitrogen and oxygen atoms in total. The number of anilines is 1. The van der Waals surface area contributed by atoms with E-state index >= 15 is 0 Å². The van der Waals surface area contributed by atoms with Gasteiger partial charge in [0.1, 0.15) is 11.3 Å². The van der Waals surface area contributed by atoms with Crippen LogP contribution in [-0.4, -0.2) is 23.5 Å². The fourth-order valence-corrected chi connectivity index (χ4v) is 5.91. The van der Waals surface area contributed by atoms with Gasteiger partial charge in [0, 0.05) is 40.4 Å². The first-order chi connectivity index (χ1) is 16.9. The summed E-state index contributed by atoms with van der Waals surface area (Å²) in [6.07, 6.45) is 6.25. The average Bonchev–Trinajstić information content (AvgIpc) is 2.82. The smallest absolute Gasteiger partial charge is 0.144 e. The van der Waals surface area contributed by atoms with Crippen molar-refractivity contribution >= 4 is 22.2 Å². The Hall–Kier alpha value is -3.37. The quantitative estimate of drug-likeness (QED) is 0.314. The third-order valence-electron chi connectivity index (χ3n) is 7.42. The molecule has 1 aliphatic carbocycles. The fourth-order valence-electron chi connectivity index (χ4n) is 5.91. The van der Waals surface area contributed by atoms with Crippen LogP contribution in [0.4, 0.5) is 5.69 Å². The Morgan fingerprint density at radius 1 is 0.943 bits per heavy atom. The molecular formula is C31H33N3O. The number of nitrogens with zero attached hydrogens (tertiary/aromatic N) is 1. The number of hydrogen-bond donors (Lipinski definition) is 2. The lowest BCUT2D eigenvalue weighted by atomic mass is 9.87. The summed E-state index contributed by atoms with van der Waals surface area (Å²) in [5.74, 6) is 0.753. The molecule has 3 aliphatic heterocycles. The Bertz CT molecular complexity index is 1470. The highest BCUT2D eigenvalue weighted by Crippen LogP contribution is 2.45. The molecule has 3 heterocycles. The van der Waals surface area contributed by atoms with Gasteiger partial charge in [0.05, 0.1) is 10.9 Å². The summed E-state index contributed by atoms with van der Waals surface area (Å²) in [5, 5.41) is 13.4. The van der Waals surface area contributed by atoms with Crippen molar-refractivity contribution in [2.45, 2.75) is 52.1 Å². The summed E-state index contributed by atoms with van der Waals surface area (Å²) in [4.78, 5) is 2.57. The second-order valence-corrected chi connectivity index (χ2v) is 10.8. The predicted octanol–water partition coefficient (Wildman–Crippen LogP) is 7.28. The third-order valence-corrected chi connectivity index (χ3v) is 7.42. The molecule has 2 N–H and O–H groups in total. The van der Waals surface area contributed by atoms with Gasteiger partial charge < -0.3 is 15.1 Å². The van der Waals surface area contributed by atoms with Crippen molar-refractivity contribution in [1.82, 2.24) is 4.90 Å². The molecule has 0 aromatic heterocycles. The van der Waals surface area contributed by atoms with Crippen LogP contribution in [0.5, 0.6) is 0 Å². The Labute approximate surface area is 207 Å². The molecule has 0 spiro atoms. The van der Waals surface area contributed by atoms with E-state index in [4.69, 9.17) is 9.83 Å². The Morgan fingerprint density at radius 3 is 2.49 bits per heavy atom. The van der Waals surface area contributed by atoms with Gasteiger partial charge in [0.15, 0.2) is 0 Å². The van der Waals surface area contributed by atoms with E-state index in [9.17, 15) is 0 Å². The molecule has 178 valence electrons. The van der Waals surface area contributed by atoms with Crippen LogP contribution in [0.1, 0.15) is 51.2 Å². The van der Waals surface area contributed by atoms with Crippen molar-refractivity contribution in [3.63, 3.8) is 0 Å². The van der Waals surface area contributed by atoms with Crippen molar-refractivity contribution in [2.75, 3.05) is 18.4 Å². The molecule has 2 aromatic rings. The normalized spacial score (nSPS) is 17.7. The first kappa shape index (κ1) is 22.1. The minimum absolute atomic E-state index is 0.108. The van der Waals surface area contributed by atoms with E-state index < -0.39 is 0 Å². The number of benzene rings is 3. The zero-order chi connectivity index (χ0) is 24.2. The number of nitrogens with one attached hydrogen (secondary N) is 2. The number of allylic oxidation sites excluding steroid dienone is 1. The van der Waals surface area contributed by atoms with E-state index in [1.807, 2.05) is 18.2 Å². The van der Waals surface area contributed by atoms with Gasteiger partial charge in [-0.2, -0.15) is 0 Å². The molecule has 35 heavy (non-hydrogen) atoms. The number of rotatable bonds is 3. The van der Waals surface area contributed by atoms with Gasteiger partial charge >= 0.3 is 0 Å². The summed E-state index contributed by atoms with van der Waals surface area (Å²) >= 11 is 0. The summed E-state index contributed by atoms with van der Waals surface area (Å²) < 4.78 is 6.54. The van der Waals surface area contributed by atoms with Crippen molar-refractivity contribution in [3.05, 3.63) is 77.2 Å². The lowest BCUT2D eigenvalue weighted by Crippen LogP contribution is -2.31. The van der Waals surface area contributed by atoms with Crippen LogP contribution < -0.4 is 10.7 Å². The highest BCUT2D eigenvalue weighted by atomic mass is 16.3. The topological polar surface area (TPSA) is 52.3 Å². The minimum atomic E-state index is -0.108. The first-order valence-electron chi connectivity index (χ1n) is 12.8. The Morgan fingerprint density at radius 2 is 1.71 bits per heavy atom. The third kappa shape index (κ3) is 4.06. The van der Waals surface area contributed by atoms with Crippen LogP contribution in [0.2, 0.25) is 0 Å². The molecule has 0 saturated carbocycles. The van der Waals surface area contributed by atoms with Crippen LogP contribution in [0.15, 0.2) is 65.1 Å². The van der Waals surface area contributed by atoms with Crippen LogP contribution >= 0.6 is 0 Å². The van der Waals surface area contributed by atoms with Gasteiger partial charge in [-0.05, 0) is 87.7 Å². The molecule has 4 heteroatoms. The molecule has 0 amide bonds. The molecule has 0 radical (unpaired) electrons. The monoisotopic (exact) mass is 463 g/mol. The van der Waals surface area contributed by atoms with E-state index in [1.54, 1.807) is 0 Å². The fraction of sp³-hybridized carbons (Fsp3) is 0.323. The van der Waals surface area contributed by atoms with E-state index in [2.05, 4.69) is 73.5 Å². The molecule has 1 saturated heterocycles. The van der Waals surface area contributed by atoms with Crippen molar-refractivity contribution in [2.24, 2.45) is 0 Å². The molecule has 0 bridgehead atoms. The summed E-state index contributed by atoms with van der Waals surface area (Å²) in [7, 11) is 0. The van der Waals surface area contributed by atoms with Gasteiger partial charge in [0.2, 0.25) is 0 Å². The van der Waals surface area contributed by atoms with Crippen LogP contribution in [-0.2, 0) is 6.54 Å². The molecular weight excluding hydrogens is 430 g/mol. The zero-order valence-electron chi connectivity index (χ0n) is 20.9. The van der Waals surface area contributed by atoms with Crippen LogP contribution in [0.3, 0.4) is 0 Å². The van der Waals surface area contributed by atoms with E-state index in [-0.39, 0.29) is 5.54 Å². The number of piperidine rings is 1. The number of likely N-dealkylation sites (tertiary alicyclic amines) is 1. The molecule has 1 fully saturated rings. The standard InChI is InChI=1S/C31H33N3O/c1-20-18-31(2,3)33-26-14-13-25-29(24-12-11-23(32)17-27(24)35-30(25)28(20)26)22-9-7-21(8-10-22)19-34-15-5-4-6-16-34/h7-14,17-18,32-33H,4-6,15-16,19H2,1-3H3. The van der Waals surface area contributed by atoms with Crippen LogP contribution in [0, 0.1) is 5.41 Å². The van der Waals surface area contributed by atoms with Gasteiger partial charge in [0.25, 0.3) is 0 Å². The summed E-state index contributed by atoms with van der Waals surface area (Å²) in [6, 6.07) is 19.1. The van der Waals surface area contributed by atoms with E-state index in [0.717, 1.165) is 40.1 Å². The maximum absolute atomic E-state index is 8.20. The van der Waals surface area contributed by atoms with Crippen molar-refractivity contribution in [1.29, 1.82) is 5.41 Å². The SMILES string of the molecule is CC1=CC(C)(C)Nc2ccc3c(-c4ccc(CN5CCCCC5)cc4)c4ccc(=N)cc-4oc3c21. The van der Waals surface area contributed by atoms with Crippen molar-refractivity contribution < 1.29 is 4.42 Å².